The largest absolute Gasteiger partial charge is 0.423 e. The lowest BCUT2D eigenvalue weighted by Gasteiger charge is -2.50. The molecule has 28 heavy (non-hydrogen) atoms. The molecule has 0 atom stereocenters. The van der Waals surface area contributed by atoms with Gasteiger partial charge in [0.1, 0.15) is 11.5 Å². The molecule has 0 amide bonds. The van der Waals surface area contributed by atoms with E-state index in [-0.39, 0.29) is 0 Å². The lowest BCUT2D eigenvalue weighted by Crippen LogP contribution is -2.52. The predicted octanol–water partition coefficient (Wildman–Crippen LogP) is 4.22. The molecule has 3 saturated heterocycles. The zero-order valence-corrected chi connectivity index (χ0v) is 17.1. The minimum absolute atomic E-state index is 0.511. The molecule has 0 saturated carbocycles. The van der Waals surface area contributed by atoms with E-state index in [1.54, 1.807) is 43.4 Å². The van der Waals surface area contributed by atoms with Crippen molar-refractivity contribution >= 4 is 15.3 Å². The van der Waals surface area contributed by atoms with E-state index in [9.17, 15) is 9.13 Å². The molecule has 3 aliphatic heterocycles. The van der Waals surface area contributed by atoms with Crippen LogP contribution < -0.4 is 9.05 Å². The summed E-state index contributed by atoms with van der Waals surface area (Å²) in [5, 5.41) is 0. The van der Waals surface area contributed by atoms with Crippen molar-refractivity contribution in [3.8, 4) is 11.5 Å². The second-order valence-electron chi connectivity index (χ2n) is 6.88. The van der Waals surface area contributed by atoms with Crippen molar-refractivity contribution < 1.29 is 18.2 Å². The third-order valence-electron chi connectivity index (χ3n) is 5.07. The van der Waals surface area contributed by atoms with Gasteiger partial charge in [-0.25, -0.2) is 9.13 Å². The maximum absolute atomic E-state index is 14.1. The van der Waals surface area contributed by atoms with Crippen molar-refractivity contribution in [3.63, 3.8) is 0 Å². The molecule has 0 N–H and O–H groups in total. The lowest BCUT2D eigenvalue weighted by molar-refractivity contribution is 0.0578. The van der Waals surface area contributed by atoms with Crippen molar-refractivity contribution in [1.82, 2.24) is 19.1 Å². The molecule has 0 spiro atoms. The number of benzene rings is 2. The number of nitrogens with zero attached hydrogens (tertiary/aromatic N) is 4. The minimum Gasteiger partial charge on any atom is -0.420 e. The van der Waals surface area contributed by atoms with E-state index >= 15 is 0 Å². The fourth-order valence-corrected chi connectivity index (χ4v) is 9.70. The smallest absolute Gasteiger partial charge is 0.420 e. The van der Waals surface area contributed by atoms with Gasteiger partial charge in [-0.1, -0.05) is 36.4 Å². The Morgan fingerprint density at radius 2 is 0.893 bits per heavy atom. The van der Waals surface area contributed by atoms with Crippen LogP contribution in [0.5, 0.6) is 11.5 Å². The van der Waals surface area contributed by atoms with Crippen molar-refractivity contribution in [2.24, 2.45) is 0 Å². The molecule has 8 nitrogen and oxygen atoms in total. The fourth-order valence-electron chi connectivity index (χ4n) is 3.86. The summed E-state index contributed by atoms with van der Waals surface area (Å²) in [6.07, 6.45) is 1.48. The summed E-state index contributed by atoms with van der Waals surface area (Å²) in [5.74, 6) is 1.07. The Bertz CT molecular complexity index is 840. The van der Waals surface area contributed by atoms with Crippen LogP contribution in [0, 0.1) is 0 Å². The van der Waals surface area contributed by atoms with Crippen LogP contribution in [0.3, 0.4) is 0 Å². The molecule has 2 aromatic rings. The maximum Gasteiger partial charge on any atom is 0.423 e. The molecule has 3 heterocycles. The highest BCUT2D eigenvalue weighted by Gasteiger charge is 2.64. The summed E-state index contributed by atoms with van der Waals surface area (Å²) in [7, 11) is -6.92. The Morgan fingerprint density at radius 1 is 0.571 bits per heavy atom. The highest BCUT2D eigenvalue weighted by atomic mass is 31.2. The van der Waals surface area contributed by atoms with Gasteiger partial charge in [-0.2, -0.15) is 0 Å². The zero-order valence-electron chi connectivity index (χ0n) is 15.3. The molecule has 10 heteroatoms. The SMILES string of the molecule is O=P1(Oc2ccccc2)N2CCCN2P(=O)(Oc2ccccc2)N2CCCN21. The first kappa shape index (κ1) is 18.4. The average molecular weight is 420 g/mol. The topological polar surface area (TPSA) is 65.6 Å². The van der Waals surface area contributed by atoms with Crippen LogP contribution in [0.4, 0.5) is 0 Å². The number of para-hydroxylation sites is 2. The van der Waals surface area contributed by atoms with Gasteiger partial charge in [0.15, 0.2) is 0 Å². The maximum atomic E-state index is 14.1. The first-order valence-corrected chi connectivity index (χ1v) is 12.5. The molecule has 148 valence electrons. The molecule has 5 rings (SSSR count). The van der Waals surface area contributed by atoms with Crippen LogP contribution in [0.2, 0.25) is 0 Å². The number of hydrogen-bond donors (Lipinski definition) is 0. The molecular formula is C18H22N4O4P2. The van der Waals surface area contributed by atoms with E-state index in [1.165, 1.54) is 0 Å². The Hall–Kier alpha value is -1.66. The molecule has 3 aliphatic rings. The third-order valence-corrected chi connectivity index (χ3v) is 10.2. The first-order chi connectivity index (χ1) is 13.6. The van der Waals surface area contributed by atoms with Crippen LogP contribution in [0.1, 0.15) is 12.8 Å². The van der Waals surface area contributed by atoms with Gasteiger partial charge in [0.2, 0.25) is 0 Å². The second-order valence-corrected chi connectivity index (χ2v) is 11.1. The molecule has 0 aliphatic carbocycles. The van der Waals surface area contributed by atoms with Crippen LogP contribution in [-0.2, 0) is 9.13 Å². The van der Waals surface area contributed by atoms with Crippen LogP contribution in [-0.4, -0.2) is 45.3 Å². The number of fused-ring (bicyclic) bond motifs is 2. The quantitative estimate of drug-likeness (QED) is 0.682. The van der Waals surface area contributed by atoms with Gasteiger partial charge in [-0.3, -0.25) is 0 Å². The monoisotopic (exact) mass is 420 g/mol. The summed E-state index contributed by atoms with van der Waals surface area (Å²) < 4.78 is 47.0. The van der Waals surface area contributed by atoms with Crippen molar-refractivity contribution in [1.29, 1.82) is 0 Å². The van der Waals surface area contributed by atoms with Crippen LogP contribution >= 0.6 is 15.3 Å². The Kier molecular flexibility index (Phi) is 4.59. The Balaban J connectivity index is 1.55. The van der Waals surface area contributed by atoms with Gasteiger partial charge >= 0.3 is 15.3 Å². The molecule has 0 aromatic heterocycles. The van der Waals surface area contributed by atoms with E-state index in [0.717, 1.165) is 12.8 Å². The minimum atomic E-state index is -3.46. The highest BCUT2D eigenvalue weighted by molar-refractivity contribution is 7.60. The van der Waals surface area contributed by atoms with Gasteiger partial charge in [0.05, 0.1) is 0 Å². The molecule has 0 bridgehead atoms. The Labute approximate surface area is 164 Å². The number of hydrazine groups is 2. The normalized spacial score (nSPS) is 31.4. The average Bonchev–Trinajstić information content (AvgIpc) is 3.40. The standard InChI is InChI=1S/C18H22N4O4P2/c23-27(25-17-9-3-1-4-10-17)19-13-7-15-21(19)28(24,22-16-8-14-20(22)27)26-18-11-5-2-6-12-18/h1-6,9-12H,7-8,13-16H2. The highest BCUT2D eigenvalue weighted by Crippen LogP contribution is 2.73. The zero-order chi connectivity index (χ0) is 19.2. The second kappa shape index (κ2) is 6.99. The lowest BCUT2D eigenvalue weighted by atomic mass is 10.3. The first-order valence-electron chi connectivity index (χ1n) is 9.42. The van der Waals surface area contributed by atoms with Crippen LogP contribution in [0.25, 0.3) is 0 Å². The van der Waals surface area contributed by atoms with Crippen molar-refractivity contribution in [2.45, 2.75) is 12.8 Å². The number of hydrogen-bond acceptors (Lipinski definition) is 4. The van der Waals surface area contributed by atoms with Crippen LogP contribution in [0.15, 0.2) is 60.7 Å². The van der Waals surface area contributed by atoms with Crippen molar-refractivity contribution in [3.05, 3.63) is 60.7 Å². The van der Waals surface area contributed by atoms with E-state index < -0.39 is 15.3 Å². The van der Waals surface area contributed by atoms with Gasteiger partial charge in [-0.05, 0) is 37.1 Å². The summed E-state index contributed by atoms with van der Waals surface area (Å²) in [6.45, 7) is 2.04. The van der Waals surface area contributed by atoms with E-state index in [0.29, 0.717) is 37.7 Å². The van der Waals surface area contributed by atoms with E-state index in [2.05, 4.69) is 0 Å². The number of rotatable bonds is 4. The molecule has 0 radical (unpaired) electrons. The van der Waals surface area contributed by atoms with Crippen molar-refractivity contribution in [2.75, 3.05) is 26.2 Å². The Morgan fingerprint density at radius 3 is 1.21 bits per heavy atom. The molecule has 0 unspecified atom stereocenters. The van der Waals surface area contributed by atoms with E-state index in [1.807, 2.05) is 36.4 Å². The summed E-state index contributed by atoms with van der Waals surface area (Å²) in [6, 6.07) is 18.3. The predicted molar refractivity (Wildman–Crippen MR) is 105 cm³/mol. The molecule has 3 fully saturated rings. The summed E-state index contributed by atoms with van der Waals surface area (Å²) >= 11 is 0. The molecular weight excluding hydrogens is 398 g/mol. The summed E-state index contributed by atoms with van der Waals surface area (Å²) in [4.78, 5) is 0. The van der Waals surface area contributed by atoms with Gasteiger partial charge < -0.3 is 9.05 Å². The fraction of sp³-hybridized carbons (Fsp3) is 0.333. The van der Waals surface area contributed by atoms with Gasteiger partial charge in [0.25, 0.3) is 0 Å². The third kappa shape index (κ3) is 2.84. The molecule has 2 aromatic carbocycles. The summed E-state index contributed by atoms with van der Waals surface area (Å²) in [5.41, 5.74) is 0. The van der Waals surface area contributed by atoms with Gasteiger partial charge in [-0.15, -0.1) is 19.1 Å². The van der Waals surface area contributed by atoms with E-state index in [4.69, 9.17) is 9.05 Å². The van der Waals surface area contributed by atoms with Gasteiger partial charge in [0, 0.05) is 26.2 Å².